The quantitative estimate of drug-likeness (QED) is 0.738. The van der Waals surface area contributed by atoms with E-state index in [0.29, 0.717) is 6.04 Å². The van der Waals surface area contributed by atoms with Gasteiger partial charge in [-0.2, -0.15) is 5.10 Å². The highest BCUT2D eigenvalue weighted by molar-refractivity contribution is 5.75. The number of urea groups is 1. The number of carbonyl (C=O) groups is 1. The van der Waals surface area contributed by atoms with Crippen LogP contribution in [-0.4, -0.2) is 64.1 Å². The van der Waals surface area contributed by atoms with Crippen LogP contribution in [0, 0.1) is 0 Å². The molecule has 2 fully saturated rings. The minimum atomic E-state index is 0.0634. The van der Waals surface area contributed by atoms with Gasteiger partial charge in [0.1, 0.15) is 0 Å². The SMILES string of the molecule is Cn1cc(N2CCCC(NC(=O)N(CCCCO)C3CC3)C2)cn1. The van der Waals surface area contributed by atoms with Crippen LogP contribution in [0.5, 0.6) is 0 Å². The fourth-order valence-electron chi connectivity index (χ4n) is 3.39. The Labute approximate surface area is 143 Å². The number of aliphatic hydroxyl groups excluding tert-OH is 1. The Morgan fingerprint density at radius 3 is 2.92 bits per heavy atom. The molecular formula is C17H29N5O2. The maximum atomic E-state index is 12.7. The molecule has 2 aliphatic rings. The predicted molar refractivity (Wildman–Crippen MR) is 93.0 cm³/mol. The standard InChI is InChI=1S/C17H29N5O2/c1-20-13-16(11-18-20)21-8-4-5-14(12-21)19-17(24)22(15-6-7-15)9-2-3-10-23/h11,13-15,23H,2-10,12H2,1H3,(H,19,24). The van der Waals surface area contributed by atoms with E-state index in [1.807, 2.05) is 29.0 Å². The number of aryl methyl sites for hydroxylation is 1. The van der Waals surface area contributed by atoms with Gasteiger partial charge < -0.3 is 20.2 Å². The van der Waals surface area contributed by atoms with Crippen molar-refractivity contribution in [3.05, 3.63) is 12.4 Å². The van der Waals surface area contributed by atoms with Gasteiger partial charge in [0.2, 0.25) is 0 Å². The molecule has 1 saturated carbocycles. The molecule has 3 rings (SSSR count). The summed E-state index contributed by atoms with van der Waals surface area (Å²) in [6.45, 7) is 2.80. The van der Waals surface area contributed by atoms with Gasteiger partial charge in [-0.15, -0.1) is 0 Å². The second-order valence-electron chi connectivity index (χ2n) is 6.96. The van der Waals surface area contributed by atoms with E-state index in [2.05, 4.69) is 15.3 Å². The van der Waals surface area contributed by atoms with Crippen LogP contribution in [0.1, 0.15) is 38.5 Å². The lowest BCUT2D eigenvalue weighted by Gasteiger charge is -2.35. The monoisotopic (exact) mass is 335 g/mol. The smallest absolute Gasteiger partial charge is 0.317 e. The Morgan fingerprint density at radius 1 is 1.42 bits per heavy atom. The van der Waals surface area contributed by atoms with E-state index in [4.69, 9.17) is 5.11 Å². The summed E-state index contributed by atoms with van der Waals surface area (Å²) in [5.41, 5.74) is 1.12. The first-order valence-electron chi connectivity index (χ1n) is 9.09. The van der Waals surface area contributed by atoms with Crippen molar-refractivity contribution in [1.29, 1.82) is 0 Å². The zero-order chi connectivity index (χ0) is 16.9. The van der Waals surface area contributed by atoms with Crippen molar-refractivity contribution in [2.24, 2.45) is 7.05 Å². The Morgan fingerprint density at radius 2 is 2.25 bits per heavy atom. The molecule has 1 saturated heterocycles. The molecule has 0 aromatic carbocycles. The zero-order valence-electron chi connectivity index (χ0n) is 14.5. The van der Waals surface area contributed by atoms with Crippen molar-refractivity contribution in [3.8, 4) is 0 Å². The molecule has 134 valence electrons. The van der Waals surface area contributed by atoms with Gasteiger partial charge in [-0.3, -0.25) is 4.68 Å². The van der Waals surface area contributed by atoms with Crippen molar-refractivity contribution in [3.63, 3.8) is 0 Å². The third kappa shape index (κ3) is 4.41. The van der Waals surface area contributed by atoms with E-state index >= 15 is 0 Å². The first-order valence-corrected chi connectivity index (χ1v) is 9.09. The molecule has 1 aliphatic carbocycles. The molecule has 0 radical (unpaired) electrons. The van der Waals surface area contributed by atoms with Gasteiger partial charge in [0.05, 0.1) is 11.9 Å². The van der Waals surface area contributed by atoms with Gasteiger partial charge in [-0.05, 0) is 38.5 Å². The van der Waals surface area contributed by atoms with Gasteiger partial charge in [0.25, 0.3) is 0 Å². The van der Waals surface area contributed by atoms with E-state index < -0.39 is 0 Å². The zero-order valence-corrected chi connectivity index (χ0v) is 14.5. The predicted octanol–water partition coefficient (Wildman–Crippen LogP) is 1.34. The molecular weight excluding hydrogens is 306 g/mol. The minimum absolute atomic E-state index is 0.0634. The van der Waals surface area contributed by atoms with Crippen LogP contribution in [0.3, 0.4) is 0 Å². The van der Waals surface area contributed by atoms with Crippen molar-refractivity contribution in [1.82, 2.24) is 20.0 Å². The van der Waals surface area contributed by atoms with Crippen molar-refractivity contribution in [2.45, 2.75) is 50.6 Å². The number of nitrogens with zero attached hydrogens (tertiary/aromatic N) is 4. The average Bonchev–Trinajstić information content (AvgIpc) is 3.32. The number of unbranched alkanes of at least 4 members (excludes halogenated alkanes) is 1. The number of rotatable bonds is 7. The van der Waals surface area contributed by atoms with Crippen LogP contribution in [-0.2, 0) is 7.05 Å². The average molecular weight is 335 g/mol. The number of carbonyl (C=O) groups excluding carboxylic acids is 1. The van der Waals surface area contributed by atoms with E-state index in [1.54, 1.807) is 0 Å². The number of nitrogens with one attached hydrogen (secondary N) is 1. The van der Waals surface area contributed by atoms with E-state index in [0.717, 1.165) is 63.8 Å². The molecule has 0 bridgehead atoms. The van der Waals surface area contributed by atoms with Crippen LogP contribution in [0.25, 0.3) is 0 Å². The summed E-state index contributed by atoms with van der Waals surface area (Å²) >= 11 is 0. The fraction of sp³-hybridized carbons (Fsp3) is 0.765. The summed E-state index contributed by atoms with van der Waals surface area (Å²) in [6.07, 6.45) is 9.86. The Kier molecular flexibility index (Phi) is 5.60. The normalized spacial score (nSPS) is 20.9. The van der Waals surface area contributed by atoms with Crippen molar-refractivity contribution >= 4 is 11.7 Å². The second-order valence-corrected chi connectivity index (χ2v) is 6.96. The lowest BCUT2D eigenvalue weighted by molar-refractivity contribution is 0.185. The Bertz CT molecular complexity index is 543. The number of aliphatic hydroxyl groups is 1. The highest BCUT2D eigenvalue weighted by Gasteiger charge is 2.33. The number of hydrogen-bond acceptors (Lipinski definition) is 4. The lowest BCUT2D eigenvalue weighted by Crippen LogP contribution is -2.52. The molecule has 0 spiro atoms. The Balaban J connectivity index is 1.52. The summed E-state index contributed by atoms with van der Waals surface area (Å²) in [4.78, 5) is 16.9. The molecule has 24 heavy (non-hydrogen) atoms. The van der Waals surface area contributed by atoms with Crippen LogP contribution in [0.2, 0.25) is 0 Å². The van der Waals surface area contributed by atoms with Gasteiger partial charge in [-0.25, -0.2) is 4.79 Å². The number of anilines is 1. The highest BCUT2D eigenvalue weighted by Crippen LogP contribution is 2.27. The molecule has 1 aromatic rings. The highest BCUT2D eigenvalue weighted by atomic mass is 16.3. The van der Waals surface area contributed by atoms with Gasteiger partial charge in [-0.1, -0.05) is 0 Å². The Hall–Kier alpha value is -1.76. The van der Waals surface area contributed by atoms with E-state index in [-0.39, 0.29) is 18.7 Å². The lowest BCUT2D eigenvalue weighted by atomic mass is 10.1. The summed E-state index contributed by atoms with van der Waals surface area (Å²) in [5, 5.41) is 16.4. The molecule has 1 aromatic heterocycles. The summed E-state index contributed by atoms with van der Waals surface area (Å²) in [7, 11) is 1.92. The van der Waals surface area contributed by atoms with Crippen LogP contribution in [0.15, 0.2) is 12.4 Å². The van der Waals surface area contributed by atoms with Gasteiger partial charge >= 0.3 is 6.03 Å². The number of piperidine rings is 1. The van der Waals surface area contributed by atoms with Crippen LogP contribution in [0.4, 0.5) is 10.5 Å². The van der Waals surface area contributed by atoms with Crippen molar-refractivity contribution < 1.29 is 9.90 Å². The number of amides is 2. The summed E-state index contributed by atoms with van der Waals surface area (Å²) in [6, 6.07) is 0.653. The molecule has 2 N–H and O–H groups in total. The molecule has 2 amide bonds. The van der Waals surface area contributed by atoms with E-state index in [1.165, 1.54) is 0 Å². The molecule has 7 nitrogen and oxygen atoms in total. The van der Waals surface area contributed by atoms with Gasteiger partial charge in [0, 0.05) is 51.6 Å². The number of hydrogen-bond donors (Lipinski definition) is 2. The minimum Gasteiger partial charge on any atom is -0.396 e. The molecule has 1 aliphatic heterocycles. The first kappa shape index (κ1) is 17.1. The topological polar surface area (TPSA) is 73.6 Å². The largest absolute Gasteiger partial charge is 0.396 e. The van der Waals surface area contributed by atoms with Crippen molar-refractivity contribution in [2.75, 3.05) is 31.1 Å². The van der Waals surface area contributed by atoms with Crippen LogP contribution >= 0.6 is 0 Å². The molecule has 1 unspecified atom stereocenters. The van der Waals surface area contributed by atoms with Crippen LogP contribution < -0.4 is 10.2 Å². The molecule has 7 heteroatoms. The second kappa shape index (κ2) is 7.88. The third-order valence-corrected chi connectivity index (χ3v) is 4.86. The van der Waals surface area contributed by atoms with E-state index in [9.17, 15) is 4.79 Å². The third-order valence-electron chi connectivity index (χ3n) is 4.86. The maximum absolute atomic E-state index is 12.7. The summed E-state index contributed by atoms with van der Waals surface area (Å²) in [5.74, 6) is 0. The molecule has 1 atom stereocenters. The summed E-state index contributed by atoms with van der Waals surface area (Å²) < 4.78 is 1.81. The maximum Gasteiger partial charge on any atom is 0.317 e. The van der Waals surface area contributed by atoms with Gasteiger partial charge in [0.15, 0.2) is 0 Å². The first-order chi connectivity index (χ1) is 11.7. The molecule has 2 heterocycles. The number of aromatic nitrogens is 2. The fourth-order valence-corrected chi connectivity index (χ4v) is 3.39.